The van der Waals surface area contributed by atoms with E-state index >= 15 is 0 Å². The Hall–Kier alpha value is -1.12. The van der Waals surface area contributed by atoms with E-state index in [2.05, 4.69) is 38.5 Å². The van der Waals surface area contributed by atoms with Gasteiger partial charge in [-0.15, -0.1) is 0 Å². The number of hydrogen-bond donors (Lipinski definition) is 0. The van der Waals surface area contributed by atoms with Gasteiger partial charge in [0.25, 0.3) is 0 Å². The van der Waals surface area contributed by atoms with Crippen molar-refractivity contribution < 1.29 is 20.4 Å². The van der Waals surface area contributed by atoms with Crippen LogP contribution in [-0.4, -0.2) is 0 Å². The Balaban J connectivity index is 0.000000845. The molecule has 2 rings (SSSR count). The predicted octanol–water partition coefficient (Wildman–Crippen LogP) is 3.11. The van der Waals surface area contributed by atoms with Crippen LogP contribution in [-0.2, 0) is 33.3 Å². The molecule has 1 aliphatic rings. The van der Waals surface area contributed by atoms with Gasteiger partial charge < -0.3 is 6.42 Å². The molecular weight excluding hydrogens is 597 g/mol. The molecule has 0 fully saturated rings. The standard InChI is InChI=1S/C12H15.Re.Rf/c1-9(2)11-7-6-10-4-3-5-12(10)8-11;;/h3,6-9H,4-5H2,1-2H3;;/q-1;;. The van der Waals surface area contributed by atoms with Crippen LogP contribution in [0.3, 0.4) is 0 Å². The van der Waals surface area contributed by atoms with Crippen LogP contribution < -0.4 is 0 Å². The van der Waals surface area contributed by atoms with Gasteiger partial charge >= 0.3 is 0 Å². The zero-order valence-electron chi connectivity index (χ0n) is 8.89. The van der Waals surface area contributed by atoms with Crippen LogP contribution in [0.15, 0.2) is 18.2 Å². The fraction of sp³-hybridized carbons (Fsp3) is 0.417. The van der Waals surface area contributed by atoms with E-state index in [-0.39, 0.29) is 20.4 Å². The van der Waals surface area contributed by atoms with Gasteiger partial charge in [0.05, 0.1) is 0 Å². The summed E-state index contributed by atoms with van der Waals surface area (Å²) in [5.41, 5.74) is 4.55. The van der Waals surface area contributed by atoms with Gasteiger partial charge in [-0.2, -0.15) is 12.8 Å². The Morgan fingerprint density at radius 1 is 1.14 bits per heavy atom. The molecule has 0 unspecified atom stereocenters. The Morgan fingerprint density at radius 2 is 1.79 bits per heavy atom. The number of hydrogen-bond acceptors (Lipinski definition) is 0. The van der Waals surface area contributed by atoms with Crippen LogP contribution in [0, 0.1) is 6.42 Å². The normalized spacial score (nSPS) is 13.1. The van der Waals surface area contributed by atoms with Gasteiger partial charge in [-0.05, 0) is 11.5 Å². The molecule has 0 saturated carbocycles. The molecule has 0 heterocycles. The number of fused-ring (bicyclic) bond motifs is 1. The third kappa shape index (κ3) is 2.22. The molecule has 0 spiro atoms. The first kappa shape index (κ1) is 12.9. The molecule has 0 saturated heterocycles. The molecule has 0 atom stereocenters. The summed E-state index contributed by atoms with van der Waals surface area (Å²) in [6.45, 7) is 4.50. The summed E-state index contributed by atoms with van der Waals surface area (Å²) in [5.74, 6) is 0.663. The van der Waals surface area contributed by atoms with Crippen molar-refractivity contribution in [2.24, 2.45) is 0 Å². The minimum absolute atomic E-state index is 0. The molecular formula is C12H15ReRf-. The van der Waals surface area contributed by atoms with E-state index in [1.165, 1.54) is 24.0 Å². The SMILES string of the molecule is CC(C)c1ccc2c(c1)C[CH-]C2.[Re].[Rf]. The Labute approximate surface area is 94.4 Å². The second kappa shape index (κ2) is 4.94. The summed E-state index contributed by atoms with van der Waals surface area (Å²) in [5, 5.41) is 0. The van der Waals surface area contributed by atoms with Crippen molar-refractivity contribution in [2.75, 3.05) is 0 Å². The van der Waals surface area contributed by atoms with E-state index in [1.54, 1.807) is 5.56 Å². The molecule has 1 aliphatic carbocycles. The average Bonchev–Trinajstić information content (AvgIpc) is 2.49. The maximum absolute atomic E-state index is 2.36. The quantitative estimate of drug-likeness (QED) is 0.428. The summed E-state index contributed by atoms with van der Waals surface area (Å²) in [4.78, 5) is 0. The molecule has 1 aromatic rings. The molecule has 2 heteroatoms. The summed E-state index contributed by atoms with van der Waals surface area (Å²) < 4.78 is 0. The fourth-order valence-corrected chi connectivity index (χ4v) is 1.78. The van der Waals surface area contributed by atoms with Crippen molar-refractivity contribution in [3.63, 3.8) is 0 Å². The van der Waals surface area contributed by atoms with Crippen molar-refractivity contribution >= 4 is 0 Å². The van der Waals surface area contributed by atoms with E-state index in [9.17, 15) is 0 Å². The van der Waals surface area contributed by atoms with Crippen LogP contribution in [0.1, 0.15) is 36.5 Å². The molecule has 0 N–H and O–H groups in total. The Kier molecular flexibility index (Phi) is 4.54. The first-order chi connectivity index (χ1) is 5.77. The summed E-state index contributed by atoms with van der Waals surface area (Å²) in [7, 11) is 0. The van der Waals surface area contributed by atoms with Crippen molar-refractivity contribution in [3.8, 4) is 0 Å². The van der Waals surface area contributed by atoms with E-state index in [0.29, 0.717) is 5.92 Å². The van der Waals surface area contributed by atoms with Gasteiger partial charge in [0.1, 0.15) is 0 Å². The van der Waals surface area contributed by atoms with Gasteiger partial charge in [0.15, 0.2) is 0 Å². The average molecular weight is 612 g/mol. The molecule has 1 radical (unpaired) electrons. The fourth-order valence-electron chi connectivity index (χ4n) is 1.78. The van der Waals surface area contributed by atoms with Crippen molar-refractivity contribution in [2.45, 2.75) is 32.6 Å². The molecule has 14 heavy (non-hydrogen) atoms. The second-order valence-electron chi connectivity index (χ2n) is 3.88. The van der Waals surface area contributed by atoms with Crippen LogP contribution >= 0.6 is 0 Å². The van der Waals surface area contributed by atoms with Crippen LogP contribution in [0.5, 0.6) is 0 Å². The minimum atomic E-state index is 0. The van der Waals surface area contributed by atoms with Crippen molar-refractivity contribution in [3.05, 3.63) is 41.3 Å². The second-order valence-corrected chi connectivity index (χ2v) is 3.88. The third-order valence-electron chi connectivity index (χ3n) is 2.63. The minimum Gasteiger partial charge on any atom is -0.320 e. The summed E-state index contributed by atoms with van der Waals surface area (Å²) >= 11 is 0. The number of rotatable bonds is 1. The van der Waals surface area contributed by atoms with E-state index in [4.69, 9.17) is 0 Å². The van der Waals surface area contributed by atoms with Gasteiger partial charge in [-0.25, -0.2) is 0 Å². The largest absolute Gasteiger partial charge is 0.320 e. The zero-order chi connectivity index (χ0) is 8.55. The predicted molar refractivity (Wildman–Crippen MR) is 52.2 cm³/mol. The zero-order valence-corrected chi connectivity index (χ0v) is 18.0. The molecule has 0 aliphatic heterocycles. The van der Waals surface area contributed by atoms with Crippen molar-refractivity contribution in [1.29, 1.82) is 0 Å². The third-order valence-corrected chi connectivity index (χ3v) is 2.63. The van der Waals surface area contributed by atoms with Crippen molar-refractivity contribution in [1.82, 2.24) is 0 Å². The Bertz CT molecular complexity index is 294. The maximum atomic E-state index is 2.36. The first-order valence-corrected chi connectivity index (χ1v) is 4.71. The van der Waals surface area contributed by atoms with Gasteiger partial charge in [-0.3, -0.25) is 0 Å². The topological polar surface area (TPSA) is 0 Å². The number of benzene rings is 1. The van der Waals surface area contributed by atoms with Crippen LogP contribution in [0.4, 0.5) is 0 Å². The molecule has 0 aromatic heterocycles. The van der Waals surface area contributed by atoms with E-state index in [0.717, 1.165) is 0 Å². The smallest absolute Gasteiger partial charge is 0 e. The molecule has 0 nitrogen and oxygen atoms in total. The molecule has 0 bridgehead atoms. The molecule has 0 amide bonds. The molecule has 1 aromatic carbocycles. The van der Waals surface area contributed by atoms with Crippen LogP contribution in [0.25, 0.3) is 0 Å². The van der Waals surface area contributed by atoms with Crippen LogP contribution in [0.2, 0.25) is 0 Å². The van der Waals surface area contributed by atoms with Gasteiger partial charge in [-0.1, -0.05) is 43.2 Å². The summed E-state index contributed by atoms with van der Waals surface area (Å²) in [6, 6.07) is 6.92. The van der Waals surface area contributed by atoms with Gasteiger partial charge in [0.2, 0.25) is 0 Å². The first-order valence-electron chi connectivity index (χ1n) is 4.71. The monoisotopic (exact) mass is 613 g/mol. The van der Waals surface area contributed by atoms with Gasteiger partial charge in [0, 0.05) is 20.4 Å². The Morgan fingerprint density at radius 3 is 2.43 bits per heavy atom. The molecule has 73 valence electrons. The summed E-state index contributed by atoms with van der Waals surface area (Å²) in [6.07, 6.45) is 4.71. The van der Waals surface area contributed by atoms with E-state index in [1.807, 2.05) is 0 Å². The maximum Gasteiger partial charge on any atom is 0 e. The van der Waals surface area contributed by atoms with E-state index < -0.39 is 0 Å².